The minimum absolute atomic E-state index is 0.290. The first kappa shape index (κ1) is 21.9. The van der Waals surface area contributed by atoms with Crippen molar-refractivity contribution in [1.82, 2.24) is 0 Å². The van der Waals surface area contributed by atoms with Gasteiger partial charge in [0.15, 0.2) is 0 Å². The highest BCUT2D eigenvalue weighted by Gasteiger charge is 2.15. The van der Waals surface area contributed by atoms with E-state index in [2.05, 4.69) is 10.6 Å². The first-order valence-corrected chi connectivity index (χ1v) is 9.75. The van der Waals surface area contributed by atoms with E-state index in [9.17, 15) is 9.59 Å². The molecule has 31 heavy (non-hydrogen) atoms. The van der Waals surface area contributed by atoms with Gasteiger partial charge in [0.2, 0.25) is 5.91 Å². The van der Waals surface area contributed by atoms with Gasteiger partial charge in [0, 0.05) is 28.8 Å². The van der Waals surface area contributed by atoms with Crippen molar-refractivity contribution in [3.63, 3.8) is 0 Å². The van der Waals surface area contributed by atoms with Gasteiger partial charge in [-0.1, -0.05) is 41.9 Å². The molecule has 0 atom stereocenters. The zero-order valence-corrected chi connectivity index (χ0v) is 17.8. The Morgan fingerprint density at radius 2 is 1.48 bits per heavy atom. The number of methoxy groups -OCH3 is 2. The van der Waals surface area contributed by atoms with Crippen LogP contribution in [0.5, 0.6) is 11.5 Å². The minimum atomic E-state index is -0.360. The van der Waals surface area contributed by atoms with E-state index in [0.717, 1.165) is 5.56 Å². The summed E-state index contributed by atoms with van der Waals surface area (Å²) in [5.74, 6) is 0.0939. The third-order valence-corrected chi connectivity index (χ3v) is 4.57. The van der Waals surface area contributed by atoms with Gasteiger partial charge < -0.3 is 20.1 Å². The second kappa shape index (κ2) is 10.3. The molecule has 3 aromatic rings. The summed E-state index contributed by atoms with van der Waals surface area (Å²) in [6.45, 7) is 0. The molecule has 6 nitrogen and oxygen atoms in total. The van der Waals surface area contributed by atoms with Gasteiger partial charge in [-0.25, -0.2) is 0 Å². The number of benzene rings is 3. The molecule has 0 unspecified atom stereocenters. The summed E-state index contributed by atoms with van der Waals surface area (Å²) in [6, 6.07) is 19.1. The van der Waals surface area contributed by atoms with Crippen LogP contribution in [-0.2, 0) is 4.79 Å². The maximum absolute atomic E-state index is 12.5. The van der Waals surface area contributed by atoms with E-state index >= 15 is 0 Å². The van der Waals surface area contributed by atoms with Crippen molar-refractivity contribution < 1.29 is 19.1 Å². The van der Waals surface area contributed by atoms with Crippen LogP contribution < -0.4 is 20.1 Å². The topological polar surface area (TPSA) is 76.7 Å². The number of anilines is 2. The zero-order valence-electron chi connectivity index (χ0n) is 17.0. The predicted molar refractivity (Wildman–Crippen MR) is 123 cm³/mol. The quantitative estimate of drug-likeness (QED) is 0.495. The Labute approximate surface area is 185 Å². The van der Waals surface area contributed by atoms with Crippen LogP contribution in [0.3, 0.4) is 0 Å². The molecule has 0 saturated heterocycles. The van der Waals surface area contributed by atoms with Crippen molar-refractivity contribution in [2.45, 2.75) is 0 Å². The second-order valence-corrected chi connectivity index (χ2v) is 6.89. The number of hydrogen-bond donors (Lipinski definition) is 2. The first-order chi connectivity index (χ1) is 15.0. The van der Waals surface area contributed by atoms with Gasteiger partial charge >= 0.3 is 0 Å². The molecule has 0 saturated carbocycles. The molecule has 7 heteroatoms. The first-order valence-electron chi connectivity index (χ1n) is 9.37. The number of rotatable bonds is 7. The summed E-state index contributed by atoms with van der Waals surface area (Å²) in [4.78, 5) is 24.9. The second-order valence-electron chi connectivity index (χ2n) is 6.45. The van der Waals surface area contributed by atoms with Crippen LogP contribution in [0, 0.1) is 0 Å². The van der Waals surface area contributed by atoms with Crippen LogP contribution in [0.25, 0.3) is 6.08 Å². The van der Waals surface area contributed by atoms with Gasteiger partial charge in [0.25, 0.3) is 5.91 Å². The average molecular weight is 437 g/mol. The number of halogens is 1. The summed E-state index contributed by atoms with van der Waals surface area (Å²) in [5.41, 5.74) is 2.12. The van der Waals surface area contributed by atoms with Crippen molar-refractivity contribution in [2.24, 2.45) is 0 Å². The van der Waals surface area contributed by atoms with Gasteiger partial charge in [-0.3, -0.25) is 9.59 Å². The van der Waals surface area contributed by atoms with Crippen molar-refractivity contribution >= 4 is 40.9 Å². The normalized spacial score (nSPS) is 10.5. The molecular formula is C24H21ClN2O4. The average Bonchev–Trinajstić information content (AvgIpc) is 2.79. The maximum Gasteiger partial charge on any atom is 0.255 e. The standard InChI is InChI=1S/C24H21ClN2O4/c1-30-21-15-20(27-24(29)17-8-4-3-5-9-17)22(31-2)14-19(21)26-23(28)12-11-16-7-6-10-18(25)13-16/h3-15H,1-2H3,(H,26,28)(H,27,29)/b12-11+. The number of carbonyl (C=O) groups excluding carboxylic acids is 2. The highest BCUT2D eigenvalue weighted by Crippen LogP contribution is 2.36. The fourth-order valence-electron chi connectivity index (χ4n) is 2.83. The fraction of sp³-hybridized carbons (Fsp3) is 0.0833. The Hall–Kier alpha value is -3.77. The molecule has 0 aliphatic carbocycles. The Bertz CT molecular complexity index is 1110. The molecule has 0 aliphatic rings. The molecule has 2 N–H and O–H groups in total. The van der Waals surface area contributed by atoms with E-state index in [1.807, 2.05) is 12.1 Å². The lowest BCUT2D eigenvalue weighted by atomic mass is 10.2. The highest BCUT2D eigenvalue weighted by molar-refractivity contribution is 6.30. The monoisotopic (exact) mass is 436 g/mol. The van der Waals surface area contributed by atoms with Crippen LogP contribution in [0.1, 0.15) is 15.9 Å². The van der Waals surface area contributed by atoms with Gasteiger partial charge in [0.05, 0.1) is 25.6 Å². The Kier molecular flexibility index (Phi) is 7.30. The van der Waals surface area contributed by atoms with E-state index in [4.69, 9.17) is 21.1 Å². The molecule has 0 spiro atoms. The van der Waals surface area contributed by atoms with Gasteiger partial charge in [-0.15, -0.1) is 0 Å². The molecule has 0 bridgehead atoms. The molecule has 0 aromatic heterocycles. The SMILES string of the molecule is COc1cc(NC(=O)c2ccccc2)c(OC)cc1NC(=O)/C=C/c1cccc(Cl)c1. The molecule has 0 aliphatic heterocycles. The van der Waals surface area contributed by atoms with E-state index in [1.54, 1.807) is 60.7 Å². The van der Waals surface area contributed by atoms with Crippen LogP contribution in [-0.4, -0.2) is 26.0 Å². The molecule has 3 aromatic carbocycles. The number of amides is 2. The Balaban J connectivity index is 1.79. The summed E-state index contributed by atoms with van der Waals surface area (Å²) >= 11 is 5.96. The number of ether oxygens (including phenoxy) is 2. The Morgan fingerprint density at radius 3 is 2.10 bits per heavy atom. The molecule has 158 valence electrons. The fourth-order valence-corrected chi connectivity index (χ4v) is 3.03. The summed E-state index contributed by atoms with van der Waals surface area (Å²) in [5, 5.41) is 6.14. The largest absolute Gasteiger partial charge is 0.494 e. The minimum Gasteiger partial charge on any atom is -0.494 e. The molecule has 3 rings (SSSR count). The molecular weight excluding hydrogens is 416 g/mol. The predicted octanol–water partition coefficient (Wildman–Crippen LogP) is 5.26. The summed E-state index contributed by atoms with van der Waals surface area (Å²) in [7, 11) is 2.95. The van der Waals surface area contributed by atoms with Crippen LogP contribution in [0.2, 0.25) is 5.02 Å². The van der Waals surface area contributed by atoms with E-state index < -0.39 is 0 Å². The third-order valence-electron chi connectivity index (χ3n) is 4.34. The van der Waals surface area contributed by atoms with Crippen LogP contribution in [0.4, 0.5) is 11.4 Å². The van der Waals surface area contributed by atoms with Gasteiger partial charge in [-0.05, 0) is 35.9 Å². The highest BCUT2D eigenvalue weighted by atomic mass is 35.5. The number of hydrogen-bond acceptors (Lipinski definition) is 4. The molecule has 0 fully saturated rings. The van der Waals surface area contributed by atoms with Crippen molar-refractivity contribution in [1.29, 1.82) is 0 Å². The van der Waals surface area contributed by atoms with E-state index in [1.165, 1.54) is 20.3 Å². The van der Waals surface area contributed by atoms with Gasteiger partial charge in [-0.2, -0.15) is 0 Å². The van der Waals surface area contributed by atoms with Gasteiger partial charge in [0.1, 0.15) is 11.5 Å². The molecule has 2 amide bonds. The molecule has 0 heterocycles. The van der Waals surface area contributed by atoms with Crippen LogP contribution in [0.15, 0.2) is 72.8 Å². The number of nitrogens with one attached hydrogen (secondary N) is 2. The van der Waals surface area contributed by atoms with Crippen molar-refractivity contribution in [3.05, 3.63) is 89.0 Å². The smallest absolute Gasteiger partial charge is 0.255 e. The Morgan fingerprint density at radius 1 is 0.839 bits per heavy atom. The molecule has 0 radical (unpaired) electrons. The van der Waals surface area contributed by atoms with Crippen molar-refractivity contribution in [2.75, 3.05) is 24.9 Å². The van der Waals surface area contributed by atoms with Crippen LogP contribution >= 0.6 is 11.6 Å². The lowest BCUT2D eigenvalue weighted by Gasteiger charge is -2.16. The van der Waals surface area contributed by atoms with Crippen molar-refractivity contribution in [3.8, 4) is 11.5 Å². The summed E-state index contributed by atoms with van der Waals surface area (Å²) in [6.07, 6.45) is 3.04. The lowest BCUT2D eigenvalue weighted by molar-refractivity contribution is -0.111. The van der Waals surface area contributed by atoms with E-state index in [-0.39, 0.29) is 11.8 Å². The summed E-state index contributed by atoms with van der Waals surface area (Å²) < 4.78 is 10.8. The number of carbonyl (C=O) groups is 2. The maximum atomic E-state index is 12.5. The zero-order chi connectivity index (χ0) is 22.2. The third kappa shape index (κ3) is 5.87. The van der Waals surface area contributed by atoms with E-state index in [0.29, 0.717) is 33.5 Å². The lowest BCUT2D eigenvalue weighted by Crippen LogP contribution is -2.14.